The van der Waals surface area contributed by atoms with E-state index in [4.69, 9.17) is 21.7 Å². The van der Waals surface area contributed by atoms with Gasteiger partial charge in [-0.2, -0.15) is 14.9 Å². The van der Waals surface area contributed by atoms with E-state index < -0.39 is 0 Å². The molecule has 2 aromatic carbocycles. The smallest absolute Gasteiger partial charge is 0.216 e. The highest BCUT2D eigenvalue weighted by Crippen LogP contribution is 2.22. The first kappa shape index (κ1) is 15.9. The molecule has 0 bridgehead atoms. The van der Waals surface area contributed by atoms with Crippen LogP contribution in [0.5, 0.6) is 11.5 Å². The zero-order valence-corrected chi connectivity index (χ0v) is 14.1. The van der Waals surface area contributed by atoms with Gasteiger partial charge in [0.2, 0.25) is 4.77 Å². The van der Waals surface area contributed by atoms with Crippen molar-refractivity contribution in [2.24, 2.45) is 5.10 Å². The molecule has 0 radical (unpaired) electrons. The topological polar surface area (TPSA) is 64.4 Å². The Morgan fingerprint density at radius 2 is 1.83 bits per heavy atom. The SMILES string of the molecule is COc1ccc(/C=N/n2c(-c3cccc(OC)c3)n[nH]c2=S)cc1. The van der Waals surface area contributed by atoms with E-state index in [1.807, 2.05) is 48.5 Å². The van der Waals surface area contributed by atoms with Gasteiger partial charge in [0, 0.05) is 5.56 Å². The average Bonchev–Trinajstić information content (AvgIpc) is 3.01. The van der Waals surface area contributed by atoms with Crippen LogP contribution in [-0.2, 0) is 0 Å². The maximum absolute atomic E-state index is 5.27. The van der Waals surface area contributed by atoms with Crippen LogP contribution in [0.25, 0.3) is 11.4 Å². The molecule has 1 heterocycles. The minimum atomic E-state index is 0.414. The van der Waals surface area contributed by atoms with Gasteiger partial charge in [-0.3, -0.25) is 0 Å². The summed E-state index contributed by atoms with van der Waals surface area (Å²) in [7, 11) is 3.26. The minimum absolute atomic E-state index is 0.414. The normalized spacial score (nSPS) is 10.9. The van der Waals surface area contributed by atoms with Gasteiger partial charge in [-0.05, 0) is 54.2 Å². The molecule has 6 nitrogen and oxygen atoms in total. The summed E-state index contributed by atoms with van der Waals surface area (Å²) in [5.41, 5.74) is 1.78. The van der Waals surface area contributed by atoms with Crippen molar-refractivity contribution in [2.45, 2.75) is 0 Å². The Morgan fingerprint density at radius 1 is 1.08 bits per heavy atom. The van der Waals surface area contributed by atoms with Crippen LogP contribution in [0.1, 0.15) is 5.56 Å². The number of aromatic nitrogens is 3. The van der Waals surface area contributed by atoms with E-state index in [0.29, 0.717) is 10.6 Å². The fourth-order valence-electron chi connectivity index (χ4n) is 2.16. The lowest BCUT2D eigenvalue weighted by atomic mass is 10.2. The summed E-state index contributed by atoms with van der Waals surface area (Å²) < 4.78 is 12.4. The number of benzene rings is 2. The van der Waals surface area contributed by atoms with Gasteiger partial charge in [0.25, 0.3) is 0 Å². The highest BCUT2D eigenvalue weighted by Gasteiger charge is 2.08. The Balaban J connectivity index is 1.94. The first-order valence-electron chi connectivity index (χ1n) is 7.21. The summed E-state index contributed by atoms with van der Waals surface area (Å²) in [6, 6.07) is 15.1. The summed E-state index contributed by atoms with van der Waals surface area (Å²) in [5.74, 6) is 2.15. The molecule has 122 valence electrons. The van der Waals surface area contributed by atoms with Crippen molar-refractivity contribution in [3.8, 4) is 22.9 Å². The largest absolute Gasteiger partial charge is 0.497 e. The van der Waals surface area contributed by atoms with Crippen LogP contribution >= 0.6 is 12.2 Å². The standard InChI is InChI=1S/C17H16N4O2S/c1-22-14-8-6-12(7-9-14)11-18-21-16(19-20-17(21)24)13-4-3-5-15(10-13)23-2/h3-11H,1-2H3,(H,20,24)/b18-11+. The van der Waals surface area contributed by atoms with Crippen LogP contribution in [0, 0.1) is 4.77 Å². The summed E-state index contributed by atoms with van der Waals surface area (Å²) in [4.78, 5) is 0. The van der Waals surface area contributed by atoms with Crippen molar-refractivity contribution in [2.75, 3.05) is 14.2 Å². The molecular formula is C17H16N4O2S. The van der Waals surface area contributed by atoms with Gasteiger partial charge in [0.15, 0.2) is 5.82 Å². The molecule has 3 aromatic rings. The lowest BCUT2D eigenvalue weighted by molar-refractivity contribution is 0.414. The second kappa shape index (κ2) is 7.10. The van der Waals surface area contributed by atoms with Gasteiger partial charge >= 0.3 is 0 Å². The third-order valence-electron chi connectivity index (χ3n) is 3.42. The van der Waals surface area contributed by atoms with Gasteiger partial charge < -0.3 is 9.47 Å². The summed E-state index contributed by atoms with van der Waals surface area (Å²) in [6.45, 7) is 0. The number of hydrogen-bond donors (Lipinski definition) is 1. The number of nitrogens with one attached hydrogen (secondary N) is 1. The molecule has 1 aromatic heterocycles. The number of ether oxygens (including phenoxy) is 2. The third-order valence-corrected chi connectivity index (χ3v) is 3.68. The Bertz CT molecular complexity index is 913. The fourth-order valence-corrected chi connectivity index (χ4v) is 2.34. The number of rotatable bonds is 5. The number of methoxy groups -OCH3 is 2. The number of aromatic amines is 1. The molecule has 0 aliphatic carbocycles. The average molecular weight is 340 g/mol. The first-order valence-corrected chi connectivity index (χ1v) is 7.62. The van der Waals surface area contributed by atoms with Crippen LogP contribution in [0.4, 0.5) is 0 Å². The quantitative estimate of drug-likeness (QED) is 0.570. The van der Waals surface area contributed by atoms with Crippen molar-refractivity contribution >= 4 is 18.4 Å². The van der Waals surface area contributed by atoms with Gasteiger partial charge in [-0.1, -0.05) is 12.1 Å². The molecule has 0 aliphatic heterocycles. The van der Waals surface area contributed by atoms with Crippen LogP contribution in [0.15, 0.2) is 53.6 Å². The third kappa shape index (κ3) is 3.36. The molecular weight excluding hydrogens is 324 g/mol. The predicted octanol–water partition coefficient (Wildman–Crippen LogP) is 3.51. The Morgan fingerprint density at radius 3 is 2.54 bits per heavy atom. The van der Waals surface area contributed by atoms with Gasteiger partial charge in [0.1, 0.15) is 11.5 Å². The van der Waals surface area contributed by atoms with E-state index in [-0.39, 0.29) is 0 Å². The van der Waals surface area contributed by atoms with Crippen LogP contribution in [-0.4, -0.2) is 35.3 Å². The monoisotopic (exact) mass is 340 g/mol. The molecule has 0 unspecified atom stereocenters. The predicted molar refractivity (Wildman–Crippen MR) is 95.4 cm³/mol. The molecule has 0 aliphatic rings. The molecule has 24 heavy (non-hydrogen) atoms. The number of H-pyrrole nitrogens is 1. The Labute approximate surface area is 144 Å². The van der Waals surface area contributed by atoms with Gasteiger partial charge in [-0.25, -0.2) is 5.10 Å². The highest BCUT2D eigenvalue weighted by atomic mass is 32.1. The lowest BCUT2D eigenvalue weighted by Gasteiger charge is -2.04. The summed E-state index contributed by atoms with van der Waals surface area (Å²) in [6.07, 6.45) is 1.72. The molecule has 0 atom stereocenters. The Hall–Kier alpha value is -2.93. The van der Waals surface area contributed by atoms with Gasteiger partial charge in [-0.15, -0.1) is 0 Å². The molecule has 0 amide bonds. The van der Waals surface area contributed by atoms with Crippen molar-refractivity contribution in [1.29, 1.82) is 0 Å². The second-order valence-corrected chi connectivity index (χ2v) is 5.30. The Kier molecular flexibility index (Phi) is 4.72. The molecule has 0 fully saturated rings. The van der Waals surface area contributed by atoms with Gasteiger partial charge in [0.05, 0.1) is 20.4 Å². The van der Waals surface area contributed by atoms with Crippen molar-refractivity contribution < 1.29 is 9.47 Å². The first-order chi connectivity index (χ1) is 11.7. The van der Waals surface area contributed by atoms with E-state index in [1.165, 1.54) is 0 Å². The second-order valence-electron chi connectivity index (χ2n) is 4.91. The molecule has 0 saturated carbocycles. The van der Waals surface area contributed by atoms with E-state index in [1.54, 1.807) is 25.1 Å². The molecule has 0 spiro atoms. The van der Waals surface area contributed by atoms with Crippen LogP contribution in [0.3, 0.4) is 0 Å². The van der Waals surface area contributed by atoms with E-state index >= 15 is 0 Å². The highest BCUT2D eigenvalue weighted by molar-refractivity contribution is 7.71. The minimum Gasteiger partial charge on any atom is -0.497 e. The maximum atomic E-state index is 5.27. The van der Waals surface area contributed by atoms with Crippen molar-refractivity contribution in [3.05, 3.63) is 58.9 Å². The number of hydrogen-bond acceptors (Lipinski definition) is 5. The summed E-state index contributed by atoms with van der Waals surface area (Å²) >= 11 is 5.27. The maximum Gasteiger partial charge on any atom is 0.216 e. The van der Waals surface area contributed by atoms with Crippen LogP contribution in [0.2, 0.25) is 0 Å². The van der Waals surface area contributed by atoms with Crippen molar-refractivity contribution in [3.63, 3.8) is 0 Å². The van der Waals surface area contributed by atoms with E-state index in [0.717, 1.165) is 22.6 Å². The lowest BCUT2D eigenvalue weighted by Crippen LogP contribution is -1.95. The fraction of sp³-hybridized carbons (Fsp3) is 0.118. The summed E-state index contributed by atoms with van der Waals surface area (Å²) in [5, 5.41) is 11.5. The zero-order chi connectivity index (χ0) is 16.9. The van der Waals surface area contributed by atoms with Crippen molar-refractivity contribution in [1.82, 2.24) is 14.9 Å². The zero-order valence-electron chi connectivity index (χ0n) is 13.3. The van der Waals surface area contributed by atoms with E-state index in [2.05, 4.69) is 15.3 Å². The van der Waals surface area contributed by atoms with Crippen LogP contribution < -0.4 is 9.47 Å². The molecule has 0 saturated heterocycles. The van der Waals surface area contributed by atoms with E-state index in [9.17, 15) is 0 Å². The number of nitrogens with zero attached hydrogens (tertiary/aromatic N) is 3. The molecule has 7 heteroatoms. The molecule has 3 rings (SSSR count). The molecule has 1 N–H and O–H groups in total.